The Bertz CT molecular complexity index is 6750. The van der Waals surface area contributed by atoms with Crippen molar-refractivity contribution in [2.45, 2.75) is 184 Å². The molecule has 24 nitrogen and oxygen atoms in total. The second-order valence-electron chi connectivity index (χ2n) is 37.4. The summed E-state index contributed by atoms with van der Waals surface area (Å²) in [6, 6.07) is 92.3. The molecular formula is C116H128N16O8. The fourth-order valence-electron chi connectivity index (χ4n) is 19.9. The summed E-state index contributed by atoms with van der Waals surface area (Å²) in [6.07, 6.45) is 5.50. The highest BCUT2D eigenvalue weighted by molar-refractivity contribution is 5.98. The molecule has 20 rings (SSSR count). The van der Waals surface area contributed by atoms with Gasteiger partial charge in [-0.3, -0.25) is 57.5 Å². The van der Waals surface area contributed by atoms with Crippen molar-refractivity contribution in [2.24, 2.45) is 0 Å². The van der Waals surface area contributed by atoms with Crippen molar-refractivity contribution in [3.8, 4) is 0 Å². The average Bonchev–Trinajstić information content (AvgIpc) is 1.64. The van der Waals surface area contributed by atoms with Crippen LogP contribution in [-0.2, 0) is 137 Å². The van der Waals surface area contributed by atoms with Gasteiger partial charge in [0.05, 0.1) is 52.6 Å². The Morgan fingerprint density at radius 3 is 0.793 bits per heavy atom. The zero-order valence-electron chi connectivity index (χ0n) is 81.0. The first kappa shape index (κ1) is 97.7. The van der Waals surface area contributed by atoms with Crippen molar-refractivity contribution in [3.63, 3.8) is 0 Å². The number of hydrogen-bond donors (Lipinski definition) is 8. The number of aromatic nitrogens is 8. The monoisotopic (exact) mass is 1870 g/mol. The van der Waals surface area contributed by atoms with Crippen LogP contribution in [0, 0.1) is 13.8 Å². The van der Waals surface area contributed by atoms with Gasteiger partial charge in [-0.15, -0.1) is 0 Å². The summed E-state index contributed by atoms with van der Waals surface area (Å²) in [4.78, 5) is 62.7. The summed E-state index contributed by atoms with van der Waals surface area (Å²) >= 11 is 0. The molecule has 0 saturated heterocycles. The lowest BCUT2D eigenvalue weighted by molar-refractivity contribution is 0.0934. The van der Waals surface area contributed by atoms with Gasteiger partial charge < -0.3 is 41.7 Å². The van der Waals surface area contributed by atoms with Gasteiger partial charge in [0.25, 0.3) is 23.6 Å². The van der Waals surface area contributed by atoms with Gasteiger partial charge in [-0.1, -0.05) is 305 Å². The number of benzene rings is 12. The van der Waals surface area contributed by atoms with Gasteiger partial charge >= 0.3 is 0 Å². The number of rotatable bonds is 31. The molecule has 24 heteroatoms. The van der Waals surface area contributed by atoms with Gasteiger partial charge in [0.2, 0.25) is 0 Å². The zero-order valence-corrected chi connectivity index (χ0v) is 81.0. The summed E-state index contributed by atoms with van der Waals surface area (Å²) in [5.74, 6) is -0.152. The predicted octanol–water partition coefficient (Wildman–Crippen LogP) is 16.8. The SMILES string of the molecule is CC(C)c1ccc(CN2CCc3c(c(C(=O)NCc4cccc5ccccc45)nn3CCO)C2)cc1.CCCc1ccc(CN2CCc3c(c(C(=O)NCc4cccc5ccccc45)nn3CCO)C2)cc1.Cc1ccc(CN2CCc3c(c(C(=O)NCc4cccc5ccccc45)nn3CCO)C2)cc1.Cc1ccc(CN2CCc3c(c(C(=O)NCc4cccc5ccccc45)nn3CCO)C2)cc1. The summed E-state index contributed by atoms with van der Waals surface area (Å²) in [6.45, 7) is 23.8. The van der Waals surface area contributed by atoms with Crippen LogP contribution in [0.1, 0.15) is 187 Å². The van der Waals surface area contributed by atoms with Crippen molar-refractivity contribution in [1.82, 2.24) is 80.0 Å². The predicted molar refractivity (Wildman–Crippen MR) is 552 cm³/mol. The molecule has 0 spiro atoms. The third kappa shape index (κ3) is 23.8. The first-order chi connectivity index (χ1) is 68.4. The van der Waals surface area contributed by atoms with E-state index in [1.807, 2.05) is 104 Å². The van der Waals surface area contributed by atoms with Crippen LogP contribution in [0.5, 0.6) is 0 Å². The lowest BCUT2D eigenvalue weighted by atomic mass is 10.0. The van der Waals surface area contributed by atoms with E-state index in [0.717, 1.165) is 201 Å². The summed E-state index contributed by atoms with van der Waals surface area (Å²) in [5, 5.41) is 78.3. The molecule has 0 unspecified atom stereocenters. The molecule has 0 atom stereocenters. The van der Waals surface area contributed by atoms with Gasteiger partial charge in [-0.2, -0.15) is 20.4 Å². The van der Waals surface area contributed by atoms with Gasteiger partial charge in [0.15, 0.2) is 22.8 Å². The lowest BCUT2D eigenvalue weighted by Crippen LogP contribution is -2.32. The van der Waals surface area contributed by atoms with Crippen LogP contribution < -0.4 is 21.3 Å². The molecule has 720 valence electrons. The first-order valence-corrected chi connectivity index (χ1v) is 49.4. The second-order valence-corrected chi connectivity index (χ2v) is 37.4. The highest BCUT2D eigenvalue weighted by atomic mass is 16.3. The van der Waals surface area contributed by atoms with E-state index >= 15 is 0 Å². The van der Waals surface area contributed by atoms with E-state index in [9.17, 15) is 39.6 Å². The molecule has 0 fully saturated rings. The van der Waals surface area contributed by atoms with E-state index in [-0.39, 0.29) is 50.1 Å². The number of aliphatic hydroxyl groups excluding tert-OH is 4. The number of aryl methyl sites for hydroxylation is 3. The molecule has 4 aliphatic heterocycles. The number of carbonyl (C=O) groups excluding carboxylic acids is 4. The minimum atomic E-state index is -0.168. The molecule has 8 heterocycles. The number of nitrogens with zero attached hydrogens (tertiary/aromatic N) is 12. The normalized spacial score (nSPS) is 13.7. The summed E-state index contributed by atoms with van der Waals surface area (Å²) in [7, 11) is 0. The van der Waals surface area contributed by atoms with Crippen molar-refractivity contribution in [2.75, 3.05) is 52.6 Å². The second kappa shape index (κ2) is 46.7. The van der Waals surface area contributed by atoms with Crippen molar-refractivity contribution in [3.05, 3.63) is 401 Å². The molecule has 4 aromatic heterocycles. The standard InChI is InChI=1S/2C30H34N4O2.2C28H30N4O2/c1-21(2)23-12-10-22(11-13-23)19-33-15-14-28-27(20-33)29(32-34(28)16-17-35)30(36)31-18-25-8-5-7-24-6-3-4-9-26(24)25;1-2-6-22-11-13-23(14-12-22)20-33-16-15-28-27(21-33)29(32-34(28)17-18-35)30(36)31-19-25-9-5-8-24-7-3-4-10-26(24)25;2*1-20-9-11-21(12-10-20)18-31-14-13-26-25(19-31)27(30-32(26)15-16-33)28(34)29-17-23-7-4-6-22-5-2-3-8-24(22)23/h3-13,21,35H,14-20H2,1-2H3,(H,31,36);3-5,7-14,35H,2,6,15-21H2,1H3,(H,31,36);2*2-12,33H,13-19H2,1H3,(H,29,34). The maximum Gasteiger partial charge on any atom is 0.272 e. The number of amides is 4. The Labute approximate surface area is 819 Å². The lowest BCUT2D eigenvalue weighted by Gasteiger charge is -2.28. The molecule has 4 aliphatic rings. The van der Waals surface area contributed by atoms with Crippen LogP contribution in [0.4, 0.5) is 0 Å². The topological polar surface area (TPSA) is 282 Å². The third-order valence-corrected chi connectivity index (χ3v) is 27.3. The molecular weight excluding hydrogens is 1750 g/mol. The van der Waals surface area contributed by atoms with E-state index in [0.29, 0.717) is 107 Å². The first-order valence-electron chi connectivity index (χ1n) is 49.4. The molecule has 12 aromatic carbocycles. The van der Waals surface area contributed by atoms with E-state index < -0.39 is 0 Å². The van der Waals surface area contributed by atoms with Crippen molar-refractivity contribution < 1.29 is 39.6 Å². The highest BCUT2D eigenvalue weighted by Crippen LogP contribution is 2.33. The zero-order chi connectivity index (χ0) is 97.0. The number of hydrogen-bond acceptors (Lipinski definition) is 16. The van der Waals surface area contributed by atoms with Crippen LogP contribution in [-0.4, -0.2) is 155 Å². The largest absolute Gasteiger partial charge is 0.394 e. The fourth-order valence-corrected chi connectivity index (χ4v) is 19.9. The Hall–Kier alpha value is -13.9. The van der Waals surface area contributed by atoms with E-state index in [4.69, 9.17) is 0 Å². The molecule has 0 aliphatic carbocycles. The smallest absolute Gasteiger partial charge is 0.272 e. The number of nitrogens with one attached hydrogen (secondary N) is 4. The van der Waals surface area contributed by atoms with Gasteiger partial charge in [0.1, 0.15) is 0 Å². The number of carbonyl (C=O) groups is 4. The highest BCUT2D eigenvalue weighted by Gasteiger charge is 2.34. The van der Waals surface area contributed by atoms with Crippen LogP contribution in [0.3, 0.4) is 0 Å². The maximum atomic E-state index is 13.3. The average molecular weight is 1870 g/mol. The molecule has 0 radical (unpaired) electrons. The molecule has 0 bridgehead atoms. The molecule has 140 heavy (non-hydrogen) atoms. The van der Waals surface area contributed by atoms with Gasteiger partial charge in [-0.05, 0) is 125 Å². The van der Waals surface area contributed by atoms with E-state index in [2.05, 4.69) is 278 Å². The summed E-state index contributed by atoms with van der Waals surface area (Å²) < 4.78 is 7.26. The molecule has 4 amide bonds. The van der Waals surface area contributed by atoms with Gasteiger partial charge in [-0.25, -0.2) is 0 Å². The Balaban J connectivity index is 0.000000129. The Morgan fingerprint density at radius 1 is 0.307 bits per heavy atom. The van der Waals surface area contributed by atoms with E-state index in [1.165, 1.54) is 44.5 Å². The van der Waals surface area contributed by atoms with Crippen molar-refractivity contribution >= 4 is 66.7 Å². The summed E-state index contributed by atoms with van der Waals surface area (Å²) in [5.41, 5.74) is 24.6. The third-order valence-electron chi connectivity index (χ3n) is 27.3. The Kier molecular flexibility index (Phi) is 32.6. The minimum absolute atomic E-state index is 0.000985. The van der Waals surface area contributed by atoms with Crippen molar-refractivity contribution in [1.29, 1.82) is 0 Å². The van der Waals surface area contributed by atoms with Gasteiger partial charge in [0, 0.05) is 175 Å². The Morgan fingerprint density at radius 2 is 0.543 bits per heavy atom. The quantitative estimate of drug-likeness (QED) is 0.0200. The minimum Gasteiger partial charge on any atom is -0.394 e. The number of aliphatic hydroxyl groups is 4. The number of fused-ring (bicyclic) bond motifs is 8. The molecule has 0 saturated carbocycles. The molecule has 16 aromatic rings. The molecule has 8 N–H and O–H groups in total. The van der Waals surface area contributed by atoms with Crippen LogP contribution in [0.2, 0.25) is 0 Å². The van der Waals surface area contributed by atoms with Crippen LogP contribution >= 0.6 is 0 Å². The maximum absolute atomic E-state index is 13.3. The van der Waals surface area contributed by atoms with Crippen LogP contribution in [0.15, 0.2) is 267 Å². The fraction of sp³-hybridized carbons (Fsp3) is 0.310. The van der Waals surface area contributed by atoms with E-state index in [1.54, 1.807) is 0 Å². The van der Waals surface area contributed by atoms with Crippen LogP contribution in [0.25, 0.3) is 43.1 Å².